The zero-order valence-electron chi connectivity index (χ0n) is 7.87. The molecule has 0 saturated carbocycles. The van der Waals surface area contributed by atoms with Crippen LogP contribution in [0, 0.1) is 18.3 Å². The molecule has 0 aliphatic carbocycles. The van der Waals surface area contributed by atoms with Crippen LogP contribution in [-0.2, 0) is 0 Å². The molecule has 1 unspecified atom stereocenters. The Kier molecular flexibility index (Phi) is 3.87. The highest BCUT2D eigenvalue weighted by Gasteiger charge is 2.09. The first-order valence-corrected chi connectivity index (χ1v) is 5.14. The van der Waals surface area contributed by atoms with E-state index in [1.807, 2.05) is 12.4 Å². The third-order valence-electron chi connectivity index (χ3n) is 1.86. The van der Waals surface area contributed by atoms with Gasteiger partial charge in [0.25, 0.3) is 0 Å². The largest absolute Gasteiger partial charge is 0.308 e. The van der Waals surface area contributed by atoms with Crippen LogP contribution in [0.5, 0.6) is 0 Å². The minimum absolute atomic E-state index is 0.306. The van der Waals surface area contributed by atoms with Gasteiger partial charge in [0.1, 0.15) is 0 Å². The molecule has 0 aliphatic rings. The molecule has 0 fully saturated rings. The molecule has 4 heteroatoms. The molecule has 0 amide bonds. The summed E-state index contributed by atoms with van der Waals surface area (Å²) in [7, 11) is 0. The molecule has 0 radical (unpaired) electrons. The number of rotatable bonds is 4. The fraction of sp³-hybridized carbons (Fsp3) is 0.556. The smallest absolute Gasteiger partial charge is 0.0798 e. The maximum absolute atomic E-state index is 8.36. The standard InChI is InChI=1S/C9H13N3S/c1-7(11-5-3-4-10)9-8(2)12-6-13-9/h6-7,11H,3,5H2,1-2H3. The van der Waals surface area contributed by atoms with Gasteiger partial charge in [-0.1, -0.05) is 0 Å². The second kappa shape index (κ2) is 4.95. The Balaban J connectivity index is 2.45. The lowest BCUT2D eigenvalue weighted by Gasteiger charge is -2.10. The quantitative estimate of drug-likeness (QED) is 0.748. The predicted molar refractivity (Wildman–Crippen MR) is 53.5 cm³/mol. The lowest BCUT2D eigenvalue weighted by molar-refractivity contribution is 0.588. The maximum atomic E-state index is 8.36. The van der Waals surface area contributed by atoms with Crippen LogP contribution >= 0.6 is 11.3 Å². The van der Waals surface area contributed by atoms with Crippen molar-refractivity contribution in [3.63, 3.8) is 0 Å². The number of nitrogens with zero attached hydrogens (tertiary/aromatic N) is 2. The topological polar surface area (TPSA) is 48.7 Å². The Morgan fingerprint density at radius 1 is 1.77 bits per heavy atom. The van der Waals surface area contributed by atoms with Gasteiger partial charge in [0.15, 0.2) is 0 Å². The van der Waals surface area contributed by atoms with Crippen molar-refractivity contribution in [2.24, 2.45) is 0 Å². The second-order valence-corrected chi connectivity index (χ2v) is 3.77. The Labute approximate surface area is 82.4 Å². The van der Waals surface area contributed by atoms with Crippen LogP contribution in [0.3, 0.4) is 0 Å². The molecular weight excluding hydrogens is 182 g/mol. The summed E-state index contributed by atoms with van der Waals surface area (Å²) in [6, 6.07) is 2.41. The van der Waals surface area contributed by atoms with E-state index in [-0.39, 0.29) is 0 Å². The summed E-state index contributed by atoms with van der Waals surface area (Å²) in [6.45, 7) is 4.85. The summed E-state index contributed by atoms with van der Waals surface area (Å²) in [5, 5.41) is 11.6. The van der Waals surface area contributed by atoms with Gasteiger partial charge in [-0.05, 0) is 13.8 Å². The average molecular weight is 195 g/mol. The van der Waals surface area contributed by atoms with E-state index < -0.39 is 0 Å². The zero-order valence-corrected chi connectivity index (χ0v) is 8.69. The van der Waals surface area contributed by atoms with Crippen molar-refractivity contribution in [3.8, 4) is 6.07 Å². The molecule has 1 N–H and O–H groups in total. The molecular formula is C9H13N3S. The molecule has 1 aromatic rings. The van der Waals surface area contributed by atoms with Crippen LogP contribution in [-0.4, -0.2) is 11.5 Å². The summed E-state index contributed by atoms with van der Waals surface area (Å²) in [6.07, 6.45) is 0.558. The number of nitriles is 1. The fourth-order valence-electron chi connectivity index (χ4n) is 1.16. The van der Waals surface area contributed by atoms with E-state index in [0.717, 1.165) is 12.2 Å². The number of nitrogens with one attached hydrogen (secondary N) is 1. The number of thiazole rings is 1. The van der Waals surface area contributed by atoms with Crippen LogP contribution in [0.4, 0.5) is 0 Å². The molecule has 1 rings (SSSR count). The molecule has 1 atom stereocenters. The Bertz CT molecular complexity index is 300. The van der Waals surface area contributed by atoms with Gasteiger partial charge < -0.3 is 5.32 Å². The minimum Gasteiger partial charge on any atom is -0.308 e. The summed E-state index contributed by atoms with van der Waals surface area (Å²) in [4.78, 5) is 5.44. The minimum atomic E-state index is 0.306. The molecule has 0 saturated heterocycles. The van der Waals surface area contributed by atoms with Gasteiger partial charge in [0.2, 0.25) is 0 Å². The van der Waals surface area contributed by atoms with Gasteiger partial charge in [-0.25, -0.2) is 4.98 Å². The third kappa shape index (κ3) is 2.79. The van der Waals surface area contributed by atoms with Gasteiger partial charge in [0.05, 0.1) is 17.3 Å². The molecule has 0 bridgehead atoms. The van der Waals surface area contributed by atoms with Gasteiger partial charge in [-0.15, -0.1) is 11.3 Å². The van der Waals surface area contributed by atoms with Crippen molar-refractivity contribution >= 4 is 11.3 Å². The fourth-order valence-corrected chi connectivity index (χ4v) is 2.00. The Morgan fingerprint density at radius 2 is 2.54 bits per heavy atom. The average Bonchev–Trinajstić information content (AvgIpc) is 2.52. The summed E-state index contributed by atoms with van der Waals surface area (Å²) < 4.78 is 0. The molecule has 1 heterocycles. The lowest BCUT2D eigenvalue weighted by Crippen LogP contribution is -2.19. The second-order valence-electron chi connectivity index (χ2n) is 2.89. The molecule has 1 aromatic heterocycles. The highest BCUT2D eigenvalue weighted by atomic mass is 32.1. The van der Waals surface area contributed by atoms with E-state index in [2.05, 4.69) is 23.3 Å². The van der Waals surface area contributed by atoms with Gasteiger partial charge in [0, 0.05) is 23.9 Å². The lowest BCUT2D eigenvalue weighted by atomic mass is 10.2. The number of aromatic nitrogens is 1. The SMILES string of the molecule is Cc1ncsc1C(C)NCCC#N. The van der Waals surface area contributed by atoms with Gasteiger partial charge in [-0.2, -0.15) is 5.26 Å². The molecule has 0 spiro atoms. The van der Waals surface area contributed by atoms with E-state index in [4.69, 9.17) is 5.26 Å². The van der Waals surface area contributed by atoms with Crippen LogP contribution in [0.2, 0.25) is 0 Å². The molecule has 70 valence electrons. The highest BCUT2D eigenvalue weighted by Crippen LogP contribution is 2.20. The van der Waals surface area contributed by atoms with E-state index >= 15 is 0 Å². The first-order valence-electron chi connectivity index (χ1n) is 4.26. The van der Waals surface area contributed by atoms with Gasteiger partial charge in [-0.3, -0.25) is 0 Å². The summed E-state index contributed by atoms with van der Waals surface area (Å²) in [5.74, 6) is 0. The number of hydrogen-bond acceptors (Lipinski definition) is 4. The molecule has 13 heavy (non-hydrogen) atoms. The first kappa shape index (κ1) is 10.2. The molecule has 0 aromatic carbocycles. The molecule has 0 aliphatic heterocycles. The van der Waals surface area contributed by atoms with Crippen LogP contribution in [0.1, 0.15) is 30.0 Å². The van der Waals surface area contributed by atoms with Crippen molar-refractivity contribution in [2.75, 3.05) is 6.54 Å². The Morgan fingerprint density at radius 3 is 3.08 bits per heavy atom. The molecule has 3 nitrogen and oxygen atoms in total. The monoisotopic (exact) mass is 195 g/mol. The van der Waals surface area contributed by atoms with Crippen molar-refractivity contribution < 1.29 is 0 Å². The number of aryl methyl sites for hydroxylation is 1. The van der Waals surface area contributed by atoms with Crippen LogP contribution in [0.25, 0.3) is 0 Å². The van der Waals surface area contributed by atoms with E-state index in [0.29, 0.717) is 12.5 Å². The normalized spacial score (nSPS) is 12.4. The zero-order chi connectivity index (χ0) is 9.68. The van der Waals surface area contributed by atoms with Gasteiger partial charge >= 0.3 is 0 Å². The first-order chi connectivity index (χ1) is 6.25. The van der Waals surface area contributed by atoms with Crippen molar-refractivity contribution in [3.05, 3.63) is 16.1 Å². The van der Waals surface area contributed by atoms with E-state index in [1.165, 1.54) is 4.88 Å². The van der Waals surface area contributed by atoms with E-state index in [9.17, 15) is 0 Å². The van der Waals surface area contributed by atoms with Crippen molar-refractivity contribution in [1.82, 2.24) is 10.3 Å². The summed E-state index contributed by atoms with van der Waals surface area (Å²) in [5.41, 5.74) is 2.94. The van der Waals surface area contributed by atoms with Crippen LogP contribution < -0.4 is 5.32 Å². The third-order valence-corrected chi connectivity index (χ3v) is 2.98. The van der Waals surface area contributed by atoms with Crippen molar-refractivity contribution in [2.45, 2.75) is 26.3 Å². The van der Waals surface area contributed by atoms with Crippen LogP contribution in [0.15, 0.2) is 5.51 Å². The Hall–Kier alpha value is -0.920. The maximum Gasteiger partial charge on any atom is 0.0798 e. The van der Waals surface area contributed by atoms with E-state index in [1.54, 1.807) is 11.3 Å². The van der Waals surface area contributed by atoms with Crippen molar-refractivity contribution in [1.29, 1.82) is 5.26 Å². The number of hydrogen-bond donors (Lipinski definition) is 1. The highest BCUT2D eigenvalue weighted by molar-refractivity contribution is 7.09. The summed E-state index contributed by atoms with van der Waals surface area (Å²) >= 11 is 1.66. The predicted octanol–water partition coefficient (Wildman–Crippen LogP) is 2.02.